The van der Waals surface area contributed by atoms with E-state index < -0.39 is 5.69 Å². The molecule has 27 heavy (non-hydrogen) atoms. The topological polar surface area (TPSA) is 66.2 Å². The molecular formula is C19H20ClN5O2. The van der Waals surface area contributed by atoms with E-state index >= 15 is 0 Å². The Balaban J connectivity index is 2.01. The van der Waals surface area contributed by atoms with E-state index in [1.54, 1.807) is 29.6 Å². The number of aromatic nitrogens is 5. The fourth-order valence-electron chi connectivity index (χ4n) is 3.51. The van der Waals surface area contributed by atoms with Gasteiger partial charge in [0.1, 0.15) is 0 Å². The highest BCUT2D eigenvalue weighted by Crippen LogP contribution is 2.17. The molecule has 3 heterocycles. The summed E-state index contributed by atoms with van der Waals surface area (Å²) in [5.74, 6) is 0.678. The van der Waals surface area contributed by atoms with Crippen LogP contribution in [0, 0.1) is 6.92 Å². The van der Waals surface area contributed by atoms with Crippen molar-refractivity contribution in [3.05, 3.63) is 67.6 Å². The first-order chi connectivity index (χ1) is 12.9. The molecule has 3 aromatic heterocycles. The Hall–Kier alpha value is -2.80. The van der Waals surface area contributed by atoms with Gasteiger partial charge < -0.3 is 4.57 Å². The summed E-state index contributed by atoms with van der Waals surface area (Å²) in [6, 6.07) is 7.16. The van der Waals surface area contributed by atoms with Gasteiger partial charge in [0, 0.05) is 30.5 Å². The number of hydrogen-bond donors (Lipinski definition) is 0. The van der Waals surface area contributed by atoms with Crippen molar-refractivity contribution < 1.29 is 0 Å². The van der Waals surface area contributed by atoms with Crippen molar-refractivity contribution in [3.63, 3.8) is 0 Å². The van der Waals surface area contributed by atoms with Crippen molar-refractivity contribution in [1.29, 1.82) is 0 Å². The van der Waals surface area contributed by atoms with Crippen LogP contribution in [0.3, 0.4) is 0 Å². The molecule has 4 rings (SSSR count). The van der Waals surface area contributed by atoms with Gasteiger partial charge in [0.05, 0.1) is 6.54 Å². The van der Waals surface area contributed by atoms with Gasteiger partial charge in [-0.1, -0.05) is 30.7 Å². The average molecular weight is 386 g/mol. The van der Waals surface area contributed by atoms with E-state index in [-0.39, 0.29) is 12.1 Å². The summed E-state index contributed by atoms with van der Waals surface area (Å²) in [4.78, 5) is 30.6. The maximum atomic E-state index is 13.2. The summed E-state index contributed by atoms with van der Waals surface area (Å²) in [5, 5.41) is 0.567. The Morgan fingerprint density at radius 2 is 1.96 bits per heavy atom. The van der Waals surface area contributed by atoms with Crippen LogP contribution in [0.25, 0.3) is 16.9 Å². The fraction of sp³-hybridized carbons (Fsp3) is 0.316. The van der Waals surface area contributed by atoms with Gasteiger partial charge in [-0.25, -0.2) is 4.79 Å². The second kappa shape index (κ2) is 6.42. The van der Waals surface area contributed by atoms with E-state index in [4.69, 9.17) is 11.6 Å². The summed E-state index contributed by atoms with van der Waals surface area (Å²) in [6.45, 7) is 5.04. The van der Waals surface area contributed by atoms with Crippen molar-refractivity contribution in [2.24, 2.45) is 7.05 Å². The van der Waals surface area contributed by atoms with Crippen molar-refractivity contribution in [3.8, 4) is 0 Å². The molecule has 4 aromatic rings. The van der Waals surface area contributed by atoms with Gasteiger partial charge in [-0.3, -0.25) is 18.3 Å². The van der Waals surface area contributed by atoms with Crippen LogP contribution in [0.1, 0.15) is 24.6 Å². The lowest BCUT2D eigenvalue weighted by Crippen LogP contribution is -2.39. The molecule has 7 nitrogen and oxygen atoms in total. The summed E-state index contributed by atoms with van der Waals surface area (Å²) in [6.07, 6.45) is 2.85. The number of halogens is 1. The molecule has 8 heteroatoms. The second-order valence-corrected chi connectivity index (χ2v) is 7.18. The van der Waals surface area contributed by atoms with Gasteiger partial charge in [0.2, 0.25) is 5.78 Å². The summed E-state index contributed by atoms with van der Waals surface area (Å²) < 4.78 is 6.51. The van der Waals surface area contributed by atoms with Crippen molar-refractivity contribution >= 4 is 28.5 Å². The first-order valence-electron chi connectivity index (χ1n) is 8.84. The molecule has 0 spiro atoms. The molecule has 1 aromatic carbocycles. The highest BCUT2D eigenvalue weighted by atomic mass is 35.5. The van der Waals surface area contributed by atoms with Crippen molar-refractivity contribution in [1.82, 2.24) is 23.1 Å². The minimum absolute atomic E-state index is 0.157. The molecule has 0 unspecified atom stereocenters. The minimum Gasteiger partial charge on any atom is -0.314 e. The molecule has 0 atom stereocenters. The van der Waals surface area contributed by atoms with Crippen LogP contribution in [0.4, 0.5) is 0 Å². The zero-order valence-corrected chi connectivity index (χ0v) is 16.2. The Morgan fingerprint density at radius 3 is 2.67 bits per heavy atom. The van der Waals surface area contributed by atoms with Crippen LogP contribution >= 0.6 is 11.6 Å². The lowest BCUT2D eigenvalue weighted by atomic mass is 10.2. The normalized spacial score (nSPS) is 11.7. The predicted molar refractivity (Wildman–Crippen MR) is 106 cm³/mol. The number of rotatable bonds is 4. The van der Waals surface area contributed by atoms with E-state index in [1.807, 2.05) is 19.2 Å². The Bertz CT molecular complexity index is 1290. The molecule has 0 saturated heterocycles. The zero-order valence-electron chi connectivity index (χ0n) is 15.4. The van der Waals surface area contributed by atoms with Crippen molar-refractivity contribution in [2.45, 2.75) is 33.4 Å². The third-order valence-corrected chi connectivity index (χ3v) is 5.05. The van der Waals surface area contributed by atoms with Crippen LogP contribution in [0.5, 0.6) is 0 Å². The predicted octanol–water partition coefficient (Wildman–Crippen LogP) is 2.57. The molecule has 0 fully saturated rings. The number of aryl methyl sites for hydroxylation is 3. The van der Waals surface area contributed by atoms with Gasteiger partial charge in [0.25, 0.3) is 5.56 Å². The highest BCUT2D eigenvalue weighted by molar-refractivity contribution is 6.30. The standard InChI is InChI=1S/C19H20ClN5O2/c1-4-8-23-12(2)10-24-15-16(21-18(23)24)22(3)19(27)25(17(15)26)11-13-6-5-7-14(20)9-13/h5-7,9-10H,4,8,11H2,1-3H3. The molecule has 0 N–H and O–H groups in total. The van der Waals surface area contributed by atoms with E-state index in [1.165, 1.54) is 9.13 Å². The van der Waals surface area contributed by atoms with Crippen LogP contribution in [-0.4, -0.2) is 23.1 Å². The highest BCUT2D eigenvalue weighted by Gasteiger charge is 2.20. The Kier molecular flexibility index (Phi) is 4.19. The monoisotopic (exact) mass is 385 g/mol. The van der Waals surface area contributed by atoms with Crippen LogP contribution < -0.4 is 11.2 Å². The molecule has 0 aliphatic carbocycles. The van der Waals surface area contributed by atoms with Gasteiger partial charge in [-0.2, -0.15) is 4.98 Å². The van der Waals surface area contributed by atoms with Crippen LogP contribution in [0.2, 0.25) is 5.02 Å². The number of hydrogen-bond acceptors (Lipinski definition) is 3. The molecule has 0 radical (unpaired) electrons. The van der Waals surface area contributed by atoms with E-state index in [9.17, 15) is 9.59 Å². The molecule has 0 saturated carbocycles. The van der Waals surface area contributed by atoms with Gasteiger partial charge in [-0.05, 0) is 31.0 Å². The molecule has 0 aliphatic heterocycles. The number of nitrogens with zero attached hydrogens (tertiary/aromatic N) is 5. The third-order valence-electron chi connectivity index (χ3n) is 4.82. The minimum atomic E-state index is -0.396. The number of fused-ring (bicyclic) bond motifs is 3. The van der Waals surface area contributed by atoms with E-state index in [0.717, 1.165) is 24.2 Å². The second-order valence-electron chi connectivity index (χ2n) is 6.74. The largest absolute Gasteiger partial charge is 0.332 e. The first kappa shape index (κ1) is 17.6. The lowest BCUT2D eigenvalue weighted by molar-refractivity contribution is 0.656. The van der Waals surface area contributed by atoms with Crippen LogP contribution in [0.15, 0.2) is 40.1 Å². The van der Waals surface area contributed by atoms with E-state index in [2.05, 4.69) is 16.5 Å². The van der Waals surface area contributed by atoms with E-state index in [0.29, 0.717) is 22.0 Å². The summed E-state index contributed by atoms with van der Waals surface area (Å²) in [7, 11) is 1.64. The maximum Gasteiger partial charge on any atom is 0.332 e. The van der Waals surface area contributed by atoms with Crippen LogP contribution in [-0.2, 0) is 20.1 Å². The molecule has 140 valence electrons. The molecular weight excluding hydrogens is 366 g/mol. The lowest BCUT2D eigenvalue weighted by Gasteiger charge is -2.08. The van der Waals surface area contributed by atoms with Gasteiger partial charge >= 0.3 is 5.69 Å². The number of imidazole rings is 2. The number of benzene rings is 1. The smallest absolute Gasteiger partial charge is 0.314 e. The Labute approximate surface area is 160 Å². The van der Waals surface area contributed by atoms with Gasteiger partial charge in [0.15, 0.2) is 11.2 Å². The third kappa shape index (κ3) is 2.70. The maximum absolute atomic E-state index is 13.2. The first-order valence-corrected chi connectivity index (χ1v) is 9.22. The Morgan fingerprint density at radius 1 is 1.19 bits per heavy atom. The fourth-order valence-corrected chi connectivity index (χ4v) is 3.73. The van der Waals surface area contributed by atoms with Crippen molar-refractivity contribution in [2.75, 3.05) is 0 Å². The quantitative estimate of drug-likeness (QED) is 0.542. The average Bonchev–Trinajstić information content (AvgIpc) is 3.14. The molecule has 0 amide bonds. The summed E-state index contributed by atoms with van der Waals surface area (Å²) in [5.41, 5.74) is 1.87. The zero-order chi connectivity index (χ0) is 19.3. The summed E-state index contributed by atoms with van der Waals surface area (Å²) >= 11 is 6.04. The SMILES string of the molecule is CCCn1c(C)cn2c3c(=O)n(Cc4cccc(Cl)c4)c(=O)n(C)c3nc12. The molecule has 0 bridgehead atoms. The molecule has 0 aliphatic rings. The van der Waals surface area contributed by atoms with Gasteiger partial charge in [-0.15, -0.1) is 0 Å².